The van der Waals surface area contributed by atoms with Gasteiger partial charge in [0.05, 0.1) is 13.7 Å². The van der Waals surface area contributed by atoms with Gasteiger partial charge in [-0.25, -0.2) is 0 Å². The number of rotatable bonds is 4. The molecule has 0 radical (unpaired) electrons. The minimum absolute atomic E-state index is 0.271. The van der Waals surface area contributed by atoms with Crippen molar-refractivity contribution in [1.82, 2.24) is 9.80 Å². The number of carbonyl (C=O) groups is 1. The summed E-state index contributed by atoms with van der Waals surface area (Å²) in [6.07, 6.45) is 2.11. The topological polar surface area (TPSA) is 32.8 Å². The zero-order valence-electron chi connectivity index (χ0n) is 15.5. The second kappa shape index (κ2) is 7.41. The minimum Gasteiger partial charge on any atom is -0.497 e. The SMILES string of the molecule is COc1ccc([C@H]2C[C@@H](C)N(C(=O)CN3CCc4sccc4C3)C2)cc1. The van der Waals surface area contributed by atoms with E-state index in [2.05, 4.69) is 40.3 Å². The molecule has 0 saturated carbocycles. The summed E-state index contributed by atoms with van der Waals surface area (Å²) in [5, 5.41) is 2.16. The molecule has 3 heterocycles. The number of ether oxygens (including phenoxy) is 1. The molecule has 1 saturated heterocycles. The van der Waals surface area contributed by atoms with Crippen LogP contribution in [0.1, 0.15) is 35.3 Å². The van der Waals surface area contributed by atoms with Crippen LogP contribution < -0.4 is 4.74 Å². The van der Waals surface area contributed by atoms with Gasteiger partial charge in [0.2, 0.25) is 5.91 Å². The number of thiophene rings is 1. The quantitative estimate of drug-likeness (QED) is 0.826. The van der Waals surface area contributed by atoms with E-state index in [0.29, 0.717) is 18.5 Å². The molecular weight excluding hydrogens is 344 g/mol. The molecular formula is C21H26N2O2S. The van der Waals surface area contributed by atoms with Crippen LogP contribution in [0.25, 0.3) is 0 Å². The van der Waals surface area contributed by atoms with Crippen molar-refractivity contribution < 1.29 is 9.53 Å². The van der Waals surface area contributed by atoms with Crippen LogP contribution in [-0.4, -0.2) is 48.5 Å². The second-order valence-electron chi connectivity index (χ2n) is 7.43. The third-order valence-corrected chi connectivity index (χ3v) is 6.75. The fraction of sp³-hybridized carbons (Fsp3) is 0.476. The normalized spacial score (nSPS) is 23.1. The summed E-state index contributed by atoms with van der Waals surface area (Å²) >= 11 is 1.84. The highest BCUT2D eigenvalue weighted by Crippen LogP contribution is 2.33. The first kappa shape index (κ1) is 17.6. The molecule has 0 bridgehead atoms. The van der Waals surface area contributed by atoms with Crippen LogP contribution in [-0.2, 0) is 17.8 Å². The maximum Gasteiger partial charge on any atom is 0.237 e. The van der Waals surface area contributed by atoms with Gasteiger partial charge in [-0.05, 0) is 54.5 Å². The fourth-order valence-corrected chi connectivity index (χ4v) is 5.11. The van der Waals surface area contributed by atoms with E-state index in [-0.39, 0.29) is 5.91 Å². The summed E-state index contributed by atoms with van der Waals surface area (Å²) in [6.45, 7) is 5.44. The van der Waals surface area contributed by atoms with Crippen molar-refractivity contribution in [1.29, 1.82) is 0 Å². The molecule has 0 spiro atoms. The molecule has 0 unspecified atom stereocenters. The van der Waals surface area contributed by atoms with Gasteiger partial charge in [-0.3, -0.25) is 9.69 Å². The number of hydrogen-bond donors (Lipinski definition) is 0. The van der Waals surface area contributed by atoms with E-state index >= 15 is 0 Å². The highest BCUT2D eigenvalue weighted by molar-refractivity contribution is 7.10. The lowest BCUT2D eigenvalue weighted by molar-refractivity contribution is -0.133. The zero-order chi connectivity index (χ0) is 18.1. The van der Waals surface area contributed by atoms with Crippen LogP contribution in [0, 0.1) is 0 Å². The molecule has 2 aliphatic rings. The van der Waals surface area contributed by atoms with Gasteiger partial charge in [0.15, 0.2) is 0 Å². The van der Waals surface area contributed by atoms with E-state index < -0.39 is 0 Å². The van der Waals surface area contributed by atoms with E-state index in [4.69, 9.17) is 4.74 Å². The van der Waals surface area contributed by atoms with Gasteiger partial charge in [-0.15, -0.1) is 11.3 Å². The van der Waals surface area contributed by atoms with Crippen LogP contribution in [0.3, 0.4) is 0 Å². The first-order valence-electron chi connectivity index (χ1n) is 9.35. The number of carbonyl (C=O) groups excluding carboxylic acids is 1. The average Bonchev–Trinajstić information content (AvgIpc) is 3.27. The molecule has 0 N–H and O–H groups in total. The Kier molecular flexibility index (Phi) is 5.00. The molecule has 1 aromatic heterocycles. The molecule has 138 valence electrons. The highest BCUT2D eigenvalue weighted by atomic mass is 32.1. The maximum atomic E-state index is 12.9. The van der Waals surface area contributed by atoms with Crippen LogP contribution >= 0.6 is 11.3 Å². The third kappa shape index (κ3) is 3.51. The van der Waals surface area contributed by atoms with Crippen molar-refractivity contribution in [2.75, 3.05) is 26.7 Å². The van der Waals surface area contributed by atoms with Crippen LogP contribution in [0.15, 0.2) is 35.7 Å². The van der Waals surface area contributed by atoms with Gasteiger partial charge in [0.25, 0.3) is 0 Å². The predicted molar refractivity (Wildman–Crippen MR) is 105 cm³/mol. The lowest BCUT2D eigenvalue weighted by Gasteiger charge is -2.29. The first-order valence-corrected chi connectivity index (χ1v) is 10.2. The zero-order valence-corrected chi connectivity index (χ0v) is 16.3. The Hall–Kier alpha value is -1.85. The van der Waals surface area contributed by atoms with Crippen LogP contribution in [0.5, 0.6) is 5.75 Å². The highest BCUT2D eigenvalue weighted by Gasteiger charge is 2.34. The van der Waals surface area contributed by atoms with E-state index in [1.54, 1.807) is 7.11 Å². The lowest BCUT2D eigenvalue weighted by Crippen LogP contribution is -2.43. The van der Waals surface area contributed by atoms with Crippen molar-refractivity contribution in [3.05, 3.63) is 51.7 Å². The third-order valence-electron chi connectivity index (χ3n) is 5.73. The lowest BCUT2D eigenvalue weighted by atomic mass is 9.97. The Morgan fingerprint density at radius 3 is 2.85 bits per heavy atom. The van der Waals surface area contributed by atoms with Gasteiger partial charge in [0, 0.05) is 36.5 Å². The molecule has 0 aliphatic carbocycles. The molecule has 1 aromatic carbocycles. The Morgan fingerprint density at radius 1 is 1.27 bits per heavy atom. The van der Waals surface area contributed by atoms with Gasteiger partial charge < -0.3 is 9.64 Å². The average molecular weight is 371 g/mol. The van der Waals surface area contributed by atoms with Crippen molar-refractivity contribution in [2.45, 2.75) is 38.3 Å². The largest absolute Gasteiger partial charge is 0.497 e. The summed E-state index contributed by atoms with van der Waals surface area (Å²) in [4.78, 5) is 18.8. The number of fused-ring (bicyclic) bond motifs is 1. The van der Waals surface area contributed by atoms with E-state index in [1.165, 1.54) is 16.0 Å². The van der Waals surface area contributed by atoms with Crippen molar-refractivity contribution in [3.63, 3.8) is 0 Å². The van der Waals surface area contributed by atoms with Crippen molar-refractivity contribution in [3.8, 4) is 5.75 Å². The van der Waals surface area contributed by atoms with Crippen LogP contribution in [0.2, 0.25) is 0 Å². The summed E-state index contributed by atoms with van der Waals surface area (Å²) in [7, 11) is 1.69. The molecule has 4 nitrogen and oxygen atoms in total. The van der Waals surface area contributed by atoms with Gasteiger partial charge in [-0.2, -0.15) is 0 Å². The monoisotopic (exact) mass is 370 g/mol. The van der Waals surface area contributed by atoms with Gasteiger partial charge in [0.1, 0.15) is 5.75 Å². The van der Waals surface area contributed by atoms with E-state index in [9.17, 15) is 4.79 Å². The first-order chi connectivity index (χ1) is 12.6. The van der Waals surface area contributed by atoms with E-state index in [1.807, 2.05) is 23.5 Å². The number of likely N-dealkylation sites (tertiary alicyclic amines) is 1. The molecule has 2 atom stereocenters. The predicted octanol–water partition coefficient (Wildman–Crippen LogP) is 3.52. The summed E-state index contributed by atoms with van der Waals surface area (Å²) in [5.74, 6) is 1.57. The molecule has 4 rings (SSSR count). The molecule has 2 aliphatic heterocycles. The fourth-order valence-electron chi connectivity index (χ4n) is 4.22. The number of nitrogens with zero attached hydrogens (tertiary/aromatic N) is 2. The van der Waals surface area contributed by atoms with Gasteiger partial charge >= 0.3 is 0 Å². The van der Waals surface area contributed by atoms with Crippen molar-refractivity contribution >= 4 is 17.2 Å². The Balaban J connectivity index is 1.37. The number of amides is 1. The second-order valence-corrected chi connectivity index (χ2v) is 8.43. The number of benzene rings is 1. The Labute approximate surface area is 159 Å². The molecule has 5 heteroatoms. The standard InChI is InChI=1S/C21H26N2O2S/c1-15-11-18(16-3-5-19(25-2)6-4-16)13-23(15)21(24)14-22-9-7-20-17(12-22)8-10-26-20/h3-6,8,10,15,18H,7,9,11-14H2,1-2H3/t15-,18+/m1/s1. The molecule has 26 heavy (non-hydrogen) atoms. The molecule has 1 fully saturated rings. The van der Waals surface area contributed by atoms with Crippen molar-refractivity contribution in [2.24, 2.45) is 0 Å². The maximum absolute atomic E-state index is 12.9. The van der Waals surface area contributed by atoms with Crippen LogP contribution in [0.4, 0.5) is 0 Å². The van der Waals surface area contributed by atoms with Gasteiger partial charge in [-0.1, -0.05) is 12.1 Å². The van der Waals surface area contributed by atoms with E-state index in [0.717, 1.165) is 38.2 Å². The summed E-state index contributed by atoms with van der Waals surface area (Å²) in [5.41, 5.74) is 2.70. The minimum atomic E-state index is 0.271. The number of hydrogen-bond acceptors (Lipinski definition) is 4. The summed E-state index contributed by atoms with van der Waals surface area (Å²) < 4.78 is 5.25. The Morgan fingerprint density at radius 2 is 2.08 bits per heavy atom. The molecule has 2 aromatic rings. The molecule has 1 amide bonds. The number of methoxy groups -OCH3 is 1. The Bertz CT molecular complexity index is 771. The smallest absolute Gasteiger partial charge is 0.237 e. The summed E-state index contributed by atoms with van der Waals surface area (Å²) in [6, 6.07) is 10.8.